The molecule has 31 heavy (non-hydrogen) atoms. The average molecular weight is 408 g/mol. The lowest BCUT2D eigenvalue weighted by Gasteiger charge is -2.09. The molecule has 0 spiro atoms. The van der Waals surface area contributed by atoms with Crippen LogP contribution in [0.2, 0.25) is 0 Å². The highest BCUT2D eigenvalue weighted by atomic mass is 16.6. The van der Waals surface area contributed by atoms with Gasteiger partial charge in [-0.3, -0.25) is 15.1 Å². The van der Waals surface area contributed by atoms with Gasteiger partial charge in [0.25, 0.3) is 5.69 Å². The number of oxazole rings is 1. The van der Waals surface area contributed by atoms with Crippen LogP contribution in [0.15, 0.2) is 88.3 Å². The van der Waals surface area contributed by atoms with E-state index >= 15 is 0 Å². The van der Waals surface area contributed by atoms with Crippen molar-refractivity contribution in [1.29, 1.82) is 0 Å². The number of nitro benzene ring substituents is 1. The second kappa shape index (κ2) is 7.38. The van der Waals surface area contributed by atoms with Crippen molar-refractivity contribution < 1.29 is 14.4 Å². The van der Waals surface area contributed by atoms with Crippen LogP contribution in [-0.2, 0) is 0 Å². The fraction of sp³-hybridized carbons (Fsp3) is 0. The molecule has 0 aliphatic heterocycles. The van der Waals surface area contributed by atoms with Crippen molar-refractivity contribution in [2.75, 3.05) is 0 Å². The summed E-state index contributed by atoms with van der Waals surface area (Å²) >= 11 is 0. The minimum absolute atomic E-state index is 0.142. The van der Waals surface area contributed by atoms with Crippen LogP contribution >= 0.6 is 0 Å². The third kappa shape index (κ3) is 3.49. The normalized spacial score (nSPS) is 11.5. The third-order valence-electron chi connectivity index (χ3n) is 4.94. The van der Waals surface area contributed by atoms with Crippen LogP contribution in [0.4, 0.5) is 11.4 Å². The summed E-state index contributed by atoms with van der Waals surface area (Å²) in [5.74, 6) is -0.169. The van der Waals surface area contributed by atoms with Crippen molar-refractivity contribution >= 4 is 39.5 Å². The van der Waals surface area contributed by atoms with Gasteiger partial charge in [-0.2, -0.15) is 0 Å². The van der Waals surface area contributed by atoms with Crippen molar-refractivity contribution in [3.05, 3.63) is 94.5 Å². The van der Waals surface area contributed by atoms with Crippen LogP contribution in [0, 0.1) is 10.1 Å². The topological polar surface area (TPSA) is 105 Å². The van der Waals surface area contributed by atoms with Crippen molar-refractivity contribution in [1.82, 2.24) is 4.98 Å². The van der Waals surface area contributed by atoms with Crippen molar-refractivity contribution in [3.8, 4) is 17.2 Å². The molecule has 0 N–H and O–H groups in total. The molecule has 4 aromatic carbocycles. The van der Waals surface area contributed by atoms with Crippen LogP contribution in [0.1, 0.15) is 5.56 Å². The van der Waals surface area contributed by atoms with Crippen LogP contribution in [0.3, 0.4) is 0 Å². The van der Waals surface area contributed by atoms with E-state index in [9.17, 15) is 15.2 Å². The Morgan fingerprint density at radius 2 is 1.77 bits per heavy atom. The second-order valence-corrected chi connectivity index (χ2v) is 6.94. The van der Waals surface area contributed by atoms with Gasteiger partial charge in [-0.25, -0.2) is 4.98 Å². The number of benzene rings is 4. The minimum atomic E-state index is -0.700. The zero-order chi connectivity index (χ0) is 21.4. The predicted octanol–water partition coefficient (Wildman–Crippen LogP) is 5.38. The summed E-state index contributed by atoms with van der Waals surface area (Å²) in [4.78, 5) is 19.1. The molecule has 1 aromatic heterocycles. The Morgan fingerprint density at radius 1 is 0.935 bits per heavy atom. The summed E-state index contributed by atoms with van der Waals surface area (Å²) in [6, 6.07) is 23.4. The molecule has 0 radical (unpaired) electrons. The Labute approximate surface area is 176 Å². The number of fused-ring (bicyclic) bond motifs is 2. The fourth-order valence-corrected chi connectivity index (χ4v) is 3.37. The number of hydrogen-bond acceptors (Lipinski definition) is 6. The largest absolute Gasteiger partial charge is 0.867 e. The number of nitro groups is 1. The summed E-state index contributed by atoms with van der Waals surface area (Å²) in [5.41, 5.74) is 2.31. The lowest BCUT2D eigenvalue weighted by molar-refractivity contribution is -0.398. The number of nitrogens with zero attached hydrogens (tertiary/aromatic N) is 3. The summed E-state index contributed by atoms with van der Waals surface area (Å²) in [7, 11) is 0. The van der Waals surface area contributed by atoms with Gasteiger partial charge >= 0.3 is 0 Å². The molecule has 150 valence electrons. The molecule has 0 atom stereocenters. The Balaban J connectivity index is 1.48. The van der Waals surface area contributed by atoms with E-state index in [1.807, 2.05) is 42.5 Å². The van der Waals surface area contributed by atoms with Gasteiger partial charge in [0.1, 0.15) is 5.52 Å². The lowest BCUT2D eigenvalue weighted by atomic mass is 10.1. The molecular formula is C24H14N3O4-. The molecule has 0 unspecified atom stereocenters. The van der Waals surface area contributed by atoms with Crippen LogP contribution < -0.4 is 5.11 Å². The van der Waals surface area contributed by atoms with Gasteiger partial charge in [-0.05, 0) is 46.4 Å². The molecule has 7 heteroatoms. The predicted molar refractivity (Wildman–Crippen MR) is 117 cm³/mol. The first-order chi connectivity index (χ1) is 15.1. The van der Waals surface area contributed by atoms with E-state index in [1.165, 1.54) is 24.4 Å². The maximum atomic E-state index is 12.1. The maximum Gasteiger partial charge on any atom is 0.262 e. The first kappa shape index (κ1) is 18.5. The van der Waals surface area contributed by atoms with Crippen LogP contribution in [-0.4, -0.2) is 16.1 Å². The van der Waals surface area contributed by atoms with E-state index in [0.29, 0.717) is 22.7 Å². The van der Waals surface area contributed by atoms with Gasteiger partial charge in [0.05, 0.1) is 10.6 Å². The van der Waals surface area contributed by atoms with Crippen molar-refractivity contribution in [2.45, 2.75) is 0 Å². The standard InChI is InChI=1S/C24H15N3O4/c28-23-18(6-3-7-21(23)27(29)30)14-25-19-10-11-20-22(13-19)31-24(26-20)17-9-8-15-4-1-2-5-16(15)12-17/h1-14,28H/p-1. The lowest BCUT2D eigenvalue weighted by Crippen LogP contribution is -2.01. The molecule has 0 saturated heterocycles. The van der Waals surface area contributed by atoms with Gasteiger partial charge in [0.2, 0.25) is 5.89 Å². The molecule has 1 heterocycles. The van der Waals surface area contributed by atoms with Crippen molar-refractivity contribution in [3.63, 3.8) is 0 Å². The number of aromatic nitrogens is 1. The summed E-state index contributed by atoms with van der Waals surface area (Å²) in [6.45, 7) is 0. The molecule has 0 bridgehead atoms. The number of aliphatic imine (C=N–C) groups is 1. The second-order valence-electron chi connectivity index (χ2n) is 6.94. The zero-order valence-corrected chi connectivity index (χ0v) is 16.1. The highest BCUT2D eigenvalue weighted by molar-refractivity contribution is 5.89. The zero-order valence-electron chi connectivity index (χ0n) is 16.1. The van der Waals surface area contributed by atoms with Gasteiger partial charge in [0.15, 0.2) is 5.58 Å². The Bertz CT molecular complexity index is 1490. The first-order valence-electron chi connectivity index (χ1n) is 9.47. The summed E-state index contributed by atoms with van der Waals surface area (Å²) < 4.78 is 5.93. The SMILES string of the molecule is O=[N+]([O-])c1cccc(C=Nc2ccc3nc(-c4ccc5ccccc5c4)oc3c2)c1[O-]. The third-order valence-corrected chi connectivity index (χ3v) is 4.94. The van der Waals surface area contributed by atoms with E-state index < -0.39 is 16.4 Å². The monoisotopic (exact) mass is 408 g/mol. The van der Waals surface area contributed by atoms with E-state index in [2.05, 4.69) is 9.98 Å². The highest BCUT2D eigenvalue weighted by Crippen LogP contribution is 2.30. The molecule has 0 saturated carbocycles. The summed E-state index contributed by atoms with van der Waals surface area (Å²) in [6.07, 6.45) is 1.32. The smallest absolute Gasteiger partial charge is 0.262 e. The molecular weight excluding hydrogens is 394 g/mol. The van der Waals surface area contributed by atoms with Crippen molar-refractivity contribution in [2.24, 2.45) is 4.99 Å². The Hall–Kier alpha value is -4.52. The minimum Gasteiger partial charge on any atom is -0.867 e. The van der Waals surface area contributed by atoms with Crippen LogP contribution in [0.5, 0.6) is 5.75 Å². The van der Waals surface area contributed by atoms with E-state index in [4.69, 9.17) is 4.42 Å². The van der Waals surface area contributed by atoms with E-state index in [0.717, 1.165) is 16.3 Å². The molecule has 7 nitrogen and oxygen atoms in total. The fourth-order valence-electron chi connectivity index (χ4n) is 3.37. The molecule has 0 fully saturated rings. The number of hydrogen-bond donors (Lipinski definition) is 0. The van der Waals surface area contributed by atoms with Gasteiger partial charge in [-0.1, -0.05) is 42.5 Å². The molecule has 5 aromatic rings. The number of rotatable bonds is 4. The quantitative estimate of drug-likeness (QED) is 0.225. The number of para-hydroxylation sites is 1. The van der Waals surface area contributed by atoms with E-state index in [1.54, 1.807) is 18.2 Å². The first-order valence-corrected chi connectivity index (χ1v) is 9.47. The van der Waals surface area contributed by atoms with Gasteiger partial charge < -0.3 is 9.52 Å². The van der Waals surface area contributed by atoms with Crippen LogP contribution in [0.25, 0.3) is 33.3 Å². The highest BCUT2D eigenvalue weighted by Gasteiger charge is 2.10. The Morgan fingerprint density at radius 3 is 2.61 bits per heavy atom. The van der Waals surface area contributed by atoms with Gasteiger partial charge in [0, 0.05) is 23.9 Å². The molecule has 0 aliphatic carbocycles. The van der Waals surface area contributed by atoms with E-state index in [-0.39, 0.29) is 5.56 Å². The molecule has 0 amide bonds. The van der Waals surface area contributed by atoms with Gasteiger partial charge in [-0.15, -0.1) is 0 Å². The average Bonchev–Trinajstić information content (AvgIpc) is 3.21. The molecule has 0 aliphatic rings. The Kier molecular flexibility index (Phi) is 4.41. The summed E-state index contributed by atoms with van der Waals surface area (Å²) in [5, 5.41) is 25.3. The maximum absolute atomic E-state index is 12.1. The molecule has 5 rings (SSSR count).